The highest BCUT2D eigenvalue weighted by molar-refractivity contribution is 6.31. The average molecular weight is 246 g/mol. The zero-order valence-corrected chi connectivity index (χ0v) is 10.8. The molecule has 2 aromatic carbocycles. The number of nitrogens with two attached hydrogens (primary N) is 1. The van der Waals surface area contributed by atoms with Gasteiger partial charge in [0.2, 0.25) is 0 Å². The summed E-state index contributed by atoms with van der Waals surface area (Å²) in [5.74, 6) is 0. The van der Waals surface area contributed by atoms with Crippen molar-refractivity contribution in [3.8, 4) is 0 Å². The lowest BCUT2D eigenvalue weighted by molar-refractivity contribution is 0.861. The van der Waals surface area contributed by atoms with Crippen molar-refractivity contribution in [2.75, 3.05) is 0 Å². The fourth-order valence-corrected chi connectivity index (χ4v) is 2.32. The summed E-state index contributed by atoms with van der Waals surface area (Å²) in [6.45, 7) is 4.16. The van der Waals surface area contributed by atoms with E-state index in [4.69, 9.17) is 17.3 Å². The molecule has 17 heavy (non-hydrogen) atoms. The van der Waals surface area contributed by atoms with E-state index in [1.165, 1.54) is 11.1 Å². The third-order valence-electron chi connectivity index (χ3n) is 3.00. The standard InChI is InChI=1S/C15H16ClN/c1-10-7-8-12(11(2)9-10)15(17)13-5-3-4-6-14(13)16/h3-9,15H,17H2,1-2H3/t15-/m1/s1. The topological polar surface area (TPSA) is 26.0 Å². The molecular weight excluding hydrogens is 230 g/mol. The van der Waals surface area contributed by atoms with Crippen LogP contribution in [0.15, 0.2) is 42.5 Å². The molecule has 0 radical (unpaired) electrons. The van der Waals surface area contributed by atoms with E-state index in [0.717, 1.165) is 16.1 Å². The summed E-state index contributed by atoms with van der Waals surface area (Å²) in [6.07, 6.45) is 0. The summed E-state index contributed by atoms with van der Waals surface area (Å²) in [4.78, 5) is 0. The van der Waals surface area contributed by atoms with Gasteiger partial charge in [0, 0.05) is 5.02 Å². The van der Waals surface area contributed by atoms with Crippen molar-refractivity contribution in [1.82, 2.24) is 0 Å². The first-order valence-corrected chi connectivity index (χ1v) is 6.04. The van der Waals surface area contributed by atoms with Gasteiger partial charge in [0.25, 0.3) is 0 Å². The van der Waals surface area contributed by atoms with Crippen LogP contribution >= 0.6 is 11.6 Å². The number of hydrogen-bond acceptors (Lipinski definition) is 1. The molecule has 0 saturated carbocycles. The van der Waals surface area contributed by atoms with Gasteiger partial charge in [-0.25, -0.2) is 0 Å². The van der Waals surface area contributed by atoms with Crippen molar-refractivity contribution in [3.63, 3.8) is 0 Å². The molecule has 0 heterocycles. The van der Waals surface area contributed by atoms with Crippen LogP contribution in [0.1, 0.15) is 28.3 Å². The highest BCUT2D eigenvalue weighted by atomic mass is 35.5. The zero-order valence-electron chi connectivity index (χ0n) is 10.1. The van der Waals surface area contributed by atoms with E-state index in [9.17, 15) is 0 Å². The lowest BCUT2D eigenvalue weighted by atomic mass is 9.94. The Balaban J connectivity index is 2.44. The van der Waals surface area contributed by atoms with Crippen LogP contribution in [-0.2, 0) is 0 Å². The molecule has 0 aliphatic heterocycles. The second-order valence-electron chi connectivity index (χ2n) is 4.36. The Labute approximate surface area is 107 Å². The summed E-state index contributed by atoms with van der Waals surface area (Å²) < 4.78 is 0. The van der Waals surface area contributed by atoms with Crippen LogP contribution in [0.5, 0.6) is 0 Å². The molecule has 0 unspecified atom stereocenters. The van der Waals surface area contributed by atoms with Gasteiger partial charge in [0.05, 0.1) is 6.04 Å². The molecule has 0 bridgehead atoms. The van der Waals surface area contributed by atoms with Crippen LogP contribution in [0.3, 0.4) is 0 Å². The molecule has 0 amide bonds. The highest BCUT2D eigenvalue weighted by Gasteiger charge is 2.13. The fraction of sp³-hybridized carbons (Fsp3) is 0.200. The minimum atomic E-state index is -0.163. The van der Waals surface area contributed by atoms with Crippen molar-refractivity contribution in [3.05, 3.63) is 69.7 Å². The lowest BCUT2D eigenvalue weighted by Gasteiger charge is -2.17. The molecule has 0 aliphatic rings. The summed E-state index contributed by atoms with van der Waals surface area (Å²) in [5, 5.41) is 0.722. The van der Waals surface area contributed by atoms with E-state index < -0.39 is 0 Å². The predicted molar refractivity (Wildman–Crippen MR) is 73.4 cm³/mol. The third-order valence-corrected chi connectivity index (χ3v) is 3.34. The minimum Gasteiger partial charge on any atom is -0.320 e. The Morgan fingerprint density at radius 1 is 1.00 bits per heavy atom. The molecule has 2 rings (SSSR count). The Hall–Kier alpha value is -1.31. The molecule has 1 nitrogen and oxygen atoms in total. The van der Waals surface area contributed by atoms with Gasteiger partial charge in [0.15, 0.2) is 0 Å². The number of halogens is 1. The smallest absolute Gasteiger partial charge is 0.0569 e. The SMILES string of the molecule is Cc1ccc([C@@H](N)c2ccccc2Cl)c(C)c1. The summed E-state index contributed by atoms with van der Waals surface area (Å²) in [5.41, 5.74) is 10.8. The first kappa shape index (κ1) is 12.2. The van der Waals surface area contributed by atoms with Gasteiger partial charge in [-0.1, -0.05) is 53.6 Å². The number of hydrogen-bond donors (Lipinski definition) is 1. The molecule has 0 saturated heterocycles. The van der Waals surface area contributed by atoms with Crippen molar-refractivity contribution >= 4 is 11.6 Å². The quantitative estimate of drug-likeness (QED) is 0.850. The lowest BCUT2D eigenvalue weighted by Crippen LogP contribution is -2.13. The van der Waals surface area contributed by atoms with Crippen molar-refractivity contribution in [2.45, 2.75) is 19.9 Å². The van der Waals surface area contributed by atoms with Crippen LogP contribution in [0.2, 0.25) is 5.02 Å². The molecule has 88 valence electrons. The van der Waals surface area contributed by atoms with E-state index in [1.54, 1.807) is 0 Å². The van der Waals surface area contributed by atoms with Gasteiger partial charge in [-0.3, -0.25) is 0 Å². The number of aryl methyl sites for hydroxylation is 2. The van der Waals surface area contributed by atoms with Crippen LogP contribution in [0, 0.1) is 13.8 Å². The molecule has 0 fully saturated rings. The zero-order chi connectivity index (χ0) is 12.4. The van der Waals surface area contributed by atoms with Gasteiger partial charge in [0.1, 0.15) is 0 Å². The van der Waals surface area contributed by atoms with Gasteiger partial charge in [-0.05, 0) is 36.6 Å². The van der Waals surface area contributed by atoms with E-state index in [-0.39, 0.29) is 6.04 Å². The van der Waals surface area contributed by atoms with Crippen molar-refractivity contribution < 1.29 is 0 Å². The van der Waals surface area contributed by atoms with Crippen LogP contribution < -0.4 is 5.73 Å². The molecule has 2 heteroatoms. The summed E-state index contributed by atoms with van der Waals surface area (Å²) in [6, 6.07) is 13.9. The number of rotatable bonds is 2. The van der Waals surface area contributed by atoms with Gasteiger partial charge >= 0.3 is 0 Å². The van der Waals surface area contributed by atoms with Crippen molar-refractivity contribution in [2.24, 2.45) is 5.73 Å². The Bertz CT molecular complexity index is 534. The molecule has 0 spiro atoms. The van der Waals surface area contributed by atoms with E-state index >= 15 is 0 Å². The Morgan fingerprint density at radius 2 is 1.71 bits per heavy atom. The van der Waals surface area contributed by atoms with Gasteiger partial charge in [-0.15, -0.1) is 0 Å². The van der Waals surface area contributed by atoms with E-state index in [0.29, 0.717) is 0 Å². The van der Waals surface area contributed by atoms with E-state index in [2.05, 4.69) is 32.0 Å². The summed E-state index contributed by atoms with van der Waals surface area (Å²) in [7, 11) is 0. The molecule has 2 N–H and O–H groups in total. The monoisotopic (exact) mass is 245 g/mol. The molecule has 1 atom stereocenters. The second kappa shape index (κ2) is 4.91. The largest absolute Gasteiger partial charge is 0.320 e. The molecule has 0 aliphatic carbocycles. The van der Waals surface area contributed by atoms with E-state index in [1.807, 2.05) is 24.3 Å². The van der Waals surface area contributed by atoms with Gasteiger partial charge in [-0.2, -0.15) is 0 Å². The van der Waals surface area contributed by atoms with Crippen molar-refractivity contribution in [1.29, 1.82) is 0 Å². The maximum atomic E-state index is 6.28. The number of benzene rings is 2. The Morgan fingerprint density at radius 3 is 2.35 bits per heavy atom. The molecular formula is C15H16ClN. The first-order chi connectivity index (χ1) is 8.09. The van der Waals surface area contributed by atoms with Gasteiger partial charge < -0.3 is 5.73 Å². The Kier molecular flexibility index (Phi) is 3.51. The molecule has 2 aromatic rings. The van der Waals surface area contributed by atoms with Crippen LogP contribution in [0.25, 0.3) is 0 Å². The first-order valence-electron chi connectivity index (χ1n) is 5.67. The third kappa shape index (κ3) is 2.51. The fourth-order valence-electron chi connectivity index (χ4n) is 2.07. The molecule has 0 aromatic heterocycles. The van der Waals surface area contributed by atoms with Crippen LogP contribution in [0.4, 0.5) is 0 Å². The minimum absolute atomic E-state index is 0.163. The van der Waals surface area contributed by atoms with Crippen LogP contribution in [-0.4, -0.2) is 0 Å². The average Bonchev–Trinajstić information content (AvgIpc) is 2.29. The maximum absolute atomic E-state index is 6.28. The summed E-state index contributed by atoms with van der Waals surface area (Å²) >= 11 is 6.17. The normalized spacial score (nSPS) is 12.5. The predicted octanol–water partition coefficient (Wildman–Crippen LogP) is 4.00. The maximum Gasteiger partial charge on any atom is 0.0569 e. The highest BCUT2D eigenvalue weighted by Crippen LogP contribution is 2.28. The second-order valence-corrected chi connectivity index (χ2v) is 4.77.